The van der Waals surface area contributed by atoms with Crippen LogP contribution in [0.4, 0.5) is 11.8 Å². The molecule has 0 amide bonds. The van der Waals surface area contributed by atoms with Crippen molar-refractivity contribution in [3.63, 3.8) is 0 Å². The number of aliphatic hydroxyl groups is 1. The molecule has 2 aromatic heterocycles. The molecule has 0 unspecified atom stereocenters. The van der Waals surface area contributed by atoms with Crippen molar-refractivity contribution in [3.05, 3.63) is 41.6 Å². The van der Waals surface area contributed by atoms with Crippen molar-refractivity contribution < 1.29 is 9.84 Å². The number of unbranched alkanes of at least 4 members (excludes halogenated alkanes) is 2. The van der Waals surface area contributed by atoms with E-state index in [2.05, 4.69) is 26.8 Å². The minimum absolute atomic E-state index is 0.00665. The average Bonchev–Trinajstić information content (AvgIpc) is 3.07. The van der Waals surface area contributed by atoms with Gasteiger partial charge in [0.05, 0.1) is 25.8 Å². The first-order chi connectivity index (χ1) is 13.2. The Kier molecular flexibility index (Phi) is 6.13. The number of nitrogen functional groups attached to an aromatic ring is 1. The Morgan fingerprint density at radius 1 is 1.22 bits per heavy atom. The molecule has 7 heteroatoms. The molecule has 0 bridgehead atoms. The fourth-order valence-electron chi connectivity index (χ4n) is 3.20. The molecule has 27 heavy (non-hydrogen) atoms. The van der Waals surface area contributed by atoms with Gasteiger partial charge in [0.25, 0.3) is 0 Å². The maximum Gasteiger partial charge on any atom is 0.222 e. The molecular weight excluding hydrogens is 342 g/mol. The summed E-state index contributed by atoms with van der Waals surface area (Å²) in [5.41, 5.74) is 9.43. The molecule has 0 saturated heterocycles. The first-order valence-electron chi connectivity index (χ1n) is 9.29. The van der Waals surface area contributed by atoms with Crippen molar-refractivity contribution in [2.24, 2.45) is 0 Å². The van der Waals surface area contributed by atoms with Gasteiger partial charge in [-0.05, 0) is 30.2 Å². The lowest BCUT2D eigenvalue weighted by atomic mass is 10.1. The number of nitrogens with two attached hydrogens (primary N) is 1. The summed E-state index contributed by atoms with van der Waals surface area (Å²) in [4.78, 5) is 8.77. The minimum atomic E-state index is -0.00665. The zero-order valence-electron chi connectivity index (χ0n) is 15.9. The van der Waals surface area contributed by atoms with Crippen LogP contribution >= 0.6 is 0 Å². The number of anilines is 2. The number of rotatable bonds is 9. The molecule has 0 aliphatic rings. The zero-order chi connectivity index (χ0) is 19.2. The van der Waals surface area contributed by atoms with Gasteiger partial charge in [0.2, 0.25) is 5.95 Å². The van der Waals surface area contributed by atoms with E-state index in [0.717, 1.165) is 46.7 Å². The van der Waals surface area contributed by atoms with Crippen molar-refractivity contribution >= 4 is 22.8 Å². The van der Waals surface area contributed by atoms with Crippen molar-refractivity contribution in [2.75, 3.05) is 24.7 Å². The van der Waals surface area contributed by atoms with Crippen LogP contribution < -0.4 is 15.8 Å². The van der Waals surface area contributed by atoms with Gasteiger partial charge in [0, 0.05) is 18.3 Å². The van der Waals surface area contributed by atoms with Gasteiger partial charge < -0.3 is 25.5 Å². The SMILES string of the molecule is CCCCCNc1nc(N)nc2ccn(Cc3cc(CO)ccc3OC)c12. The van der Waals surface area contributed by atoms with Crippen LogP contribution in [0, 0.1) is 0 Å². The standard InChI is InChI=1S/C20H27N5O2/c1-3-4-5-9-22-19-18-16(23-20(21)24-19)8-10-25(18)12-15-11-14(13-26)6-7-17(15)27-2/h6-8,10-11,26H,3-5,9,12-13H2,1-2H3,(H3,21,22,23,24). The number of hydrogen-bond acceptors (Lipinski definition) is 6. The summed E-state index contributed by atoms with van der Waals surface area (Å²) in [6, 6.07) is 7.63. The van der Waals surface area contributed by atoms with Crippen LogP contribution in [-0.2, 0) is 13.2 Å². The number of methoxy groups -OCH3 is 1. The van der Waals surface area contributed by atoms with E-state index in [-0.39, 0.29) is 12.6 Å². The lowest BCUT2D eigenvalue weighted by Crippen LogP contribution is -2.09. The molecule has 3 rings (SSSR count). The molecule has 0 aliphatic carbocycles. The molecule has 3 aromatic rings. The number of aliphatic hydroxyl groups excluding tert-OH is 1. The van der Waals surface area contributed by atoms with Gasteiger partial charge in [0.15, 0.2) is 5.82 Å². The second kappa shape index (κ2) is 8.73. The van der Waals surface area contributed by atoms with Crippen LogP contribution in [0.2, 0.25) is 0 Å². The number of aromatic nitrogens is 3. The van der Waals surface area contributed by atoms with E-state index in [9.17, 15) is 5.11 Å². The number of hydrogen-bond donors (Lipinski definition) is 3. The van der Waals surface area contributed by atoms with Gasteiger partial charge in [-0.15, -0.1) is 0 Å². The maximum absolute atomic E-state index is 9.45. The molecule has 4 N–H and O–H groups in total. The first-order valence-corrected chi connectivity index (χ1v) is 9.29. The molecule has 0 fully saturated rings. The summed E-state index contributed by atoms with van der Waals surface area (Å²) in [5, 5.41) is 12.9. The highest BCUT2D eigenvalue weighted by Crippen LogP contribution is 2.27. The third kappa shape index (κ3) is 4.31. The van der Waals surface area contributed by atoms with E-state index in [1.807, 2.05) is 30.5 Å². The highest BCUT2D eigenvalue weighted by molar-refractivity contribution is 5.87. The number of nitrogens with one attached hydrogen (secondary N) is 1. The summed E-state index contributed by atoms with van der Waals surface area (Å²) < 4.78 is 7.56. The van der Waals surface area contributed by atoms with Crippen molar-refractivity contribution in [1.82, 2.24) is 14.5 Å². The summed E-state index contributed by atoms with van der Waals surface area (Å²) >= 11 is 0. The smallest absolute Gasteiger partial charge is 0.222 e. The number of benzene rings is 1. The summed E-state index contributed by atoms with van der Waals surface area (Å²) in [6.07, 6.45) is 5.39. The number of fused-ring (bicyclic) bond motifs is 1. The number of ether oxygens (including phenoxy) is 1. The third-order valence-corrected chi connectivity index (χ3v) is 4.57. The van der Waals surface area contributed by atoms with Gasteiger partial charge >= 0.3 is 0 Å². The first kappa shape index (κ1) is 19.0. The van der Waals surface area contributed by atoms with Crippen molar-refractivity contribution in [3.8, 4) is 5.75 Å². The van der Waals surface area contributed by atoms with Crippen LogP contribution in [0.15, 0.2) is 30.5 Å². The topological polar surface area (TPSA) is 98.2 Å². The predicted octanol–water partition coefficient (Wildman–Crippen LogP) is 3.16. The van der Waals surface area contributed by atoms with Gasteiger partial charge in [-0.1, -0.05) is 25.8 Å². The predicted molar refractivity (Wildman–Crippen MR) is 108 cm³/mol. The molecule has 144 valence electrons. The molecule has 0 spiro atoms. The monoisotopic (exact) mass is 369 g/mol. The van der Waals surface area contributed by atoms with Gasteiger partial charge in [-0.25, -0.2) is 4.98 Å². The Morgan fingerprint density at radius 2 is 2.07 bits per heavy atom. The highest BCUT2D eigenvalue weighted by atomic mass is 16.5. The molecule has 2 heterocycles. The fraction of sp³-hybridized carbons (Fsp3) is 0.400. The molecule has 0 saturated carbocycles. The summed E-state index contributed by atoms with van der Waals surface area (Å²) in [5.74, 6) is 1.79. The highest BCUT2D eigenvalue weighted by Gasteiger charge is 2.13. The van der Waals surface area contributed by atoms with E-state index in [4.69, 9.17) is 10.5 Å². The van der Waals surface area contributed by atoms with Crippen LogP contribution in [-0.4, -0.2) is 33.3 Å². The fourth-order valence-corrected chi connectivity index (χ4v) is 3.20. The van der Waals surface area contributed by atoms with Crippen molar-refractivity contribution in [1.29, 1.82) is 0 Å². The molecule has 7 nitrogen and oxygen atoms in total. The molecular formula is C20H27N5O2. The van der Waals surface area contributed by atoms with E-state index in [1.54, 1.807) is 7.11 Å². The number of nitrogens with zero attached hydrogens (tertiary/aromatic N) is 3. The van der Waals surface area contributed by atoms with Crippen molar-refractivity contribution in [2.45, 2.75) is 39.3 Å². The Bertz CT molecular complexity index is 907. The summed E-state index contributed by atoms with van der Waals surface area (Å²) in [6.45, 7) is 3.60. The van der Waals surface area contributed by atoms with Gasteiger partial charge in [-0.2, -0.15) is 4.98 Å². The Hall–Kier alpha value is -2.80. The van der Waals surface area contributed by atoms with E-state index in [1.165, 1.54) is 12.8 Å². The van der Waals surface area contributed by atoms with E-state index >= 15 is 0 Å². The third-order valence-electron chi connectivity index (χ3n) is 4.57. The van der Waals surface area contributed by atoms with E-state index < -0.39 is 0 Å². The Morgan fingerprint density at radius 3 is 2.81 bits per heavy atom. The van der Waals surface area contributed by atoms with Crippen LogP contribution in [0.3, 0.4) is 0 Å². The van der Waals surface area contributed by atoms with E-state index in [0.29, 0.717) is 6.54 Å². The summed E-state index contributed by atoms with van der Waals surface area (Å²) in [7, 11) is 1.65. The lowest BCUT2D eigenvalue weighted by molar-refractivity contribution is 0.281. The largest absolute Gasteiger partial charge is 0.496 e. The Labute approximate surface area is 159 Å². The maximum atomic E-state index is 9.45. The van der Waals surface area contributed by atoms with Crippen LogP contribution in [0.25, 0.3) is 11.0 Å². The molecule has 0 atom stereocenters. The second-order valence-corrected chi connectivity index (χ2v) is 6.55. The quantitative estimate of drug-likeness (QED) is 0.501. The van der Waals surface area contributed by atoms with Crippen LogP contribution in [0.1, 0.15) is 37.3 Å². The average molecular weight is 369 g/mol. The van der Waals surface area contributed by atoms with Gasteiger partial charge in [-0.3, -0.25) is 0 Å². The molecule has 1 aromatic carbocycles. The molecule has 0 aliphatic heterocycles. The zero-order valence-corrected chi connectivity index (χ0v) is 15.9. The Balaban J connectivity index is 1.95. The second-order valence-electron chi connectivity index (χ2n) is 6.55. The van der Waals surface area contributed by atoms with Crippen LogP contribution in [0.5, 0.6) is 5.75 Å². The minimum Gasteiger partial charge on any atom is -0.496 e. The van der Waals surface area contributed by atoms with Gasteiger partial charge in [0.1, 0.15) is 11.3 Å². The molecule has 0 radical (unpaired) electrons. The normalized spacial score (nSPS) is 11.1. The lowest BCUT2D eigenvalue weighted by Gasteiger charge is -2.14.